The molecule has 2 aliphatic rings. The number of fused-ring (bicyclic) bond motifs is 1. The quantitative estimate of drug-likeness (QED) is 0.429. The average Bonchev–Trinajstić information content (AvgIpc) is 3.15. The molecule has 0 bridgehead atoms. The second kappa shape index (κ2) is 11.2. The summed E-state index contributed by atoms with van der Waals surface area (Å²) in [6.07, 6.45) is 3.87. The lowest BCUT2D eigenvalue weighted by Crippen LogP contribution is -2.40. The first-order valence-electron chi connectivity index (χ1n) is 12.8. The van der Waals surface area contributed by atoms with E-state index in [-0.39, 0.29) is 29.9 Å². The lowest BCUT2D eigenvalue weighted by atomic mass is 9.76. The van der Waals surface area contributed by atoms with Crippen molar-refractivity contribution in [3.8, 4) is 0 Å². The number of ether oxygens (including phenoxy) is 2. The Balaban J connectivity index is 1.37. The van der Waals surface area contributed by atoms with E-state index in [2.05, 4.69) is 10.6 Å². The van der Waals surface area contributed by atoms with E-state index in [1.54, 1.807) is 24.3 Å². The predicted octanol–water partition coefficient (Wildman–Crippen LogP) is 2.91. The van der Waals surface area contributed by atoms with Gasteiger partial charge in [0.25, 0.3) is 11.8 Å². The van der Waals surface area contributed by atoms with Crippen LogP contribution in [0.5, 0.6) is 0 Å². The Bertz CT molecular complexity index is 1100. The van der Waals surface area contributed by atoms with Crippen molar-refractivity contribution >= 4 is 17.8 Å². The summed E-state index contributed by atoms with van der Waals surface area (Å²) in [5.41, 5.74) is 3.38. The molecule has 2 aliphatic heterocycles. The van der Waals surface area contributed by atoms with Crippen molar-refractivity contribution in [3.63, 3.8) is 0 Å². The predicted molar refractivity (Wildman–Crippen MR) is 134 cm³/mol. The molecule has 2 amide bonds. The Labute approximate surface area is 211 Å². The molecule has 1 aromatic heterocycles. The number of nitrogens with one attached hydrogen (secondary N) is 2. The summed E-state index contributed by atoms with van der Waals surface area (Å²) in [5, 5.41) is 10.7. The molecule has 194 valence electrons. The summed E-state index contributed by atoms with van der Waals surface area (Å²) in [4.78, 5) is 37.5. The molecule has 3 heterocycles. The summed E-state index contributed by atoms with van der Waals surface area (Å²) < 4.78 is 13.0. The maximum absolute atomic E-state index is 12.9. The van der Waals surface area contributed by atoms with Gasteiger partial charge in [-0.15, -0.1) is 0 Å². The normalized spacial score (nSPS) is 16.8. The first-order valence-corrected chi connectivity index (χ1v) is 12.8. The second-order valence-electron chi connectivity index (χ2n) is 10.0. The number of esters is 1. The Kier molecular flexibility index (Phi) is 8.08. The van der Waals surface area contributed by atoms with Gasteiger partial charge in [0.15, 0.2) is 0 Å². The fourth-order valence-electron chi connectivity index (χ4n) is 4.92. The topological polar surface area (TPSA) is 112 Å². The monoisotopic (exact) mass is 496 g/mol. The number of carbonyl (C=O) groups is 3. The van der Waals surface area contributed by atoms with E-state index in [4.69, 9.17) is 14.6 Å². The maximum atomic E-state index is 12.9. The average molecular weight is 497 g/mol. The van der Waals surface area contributed by atoms with Crippen LogP contribution in [-0.2, 0) is 28.9 Å². The highest BCUT2D eigenvalue weighted by Crippen LogP contribution is 2.37. The molecule has 0 aliphatic carbocycles. The first-order chi connectivity index (χ1) is 17.3. The highest BCUT2D eigenvalue weighted by atomic mass is 16.5. The molecule has 9 heteroatoms. The highest BCUT2D eigenvalue weighted by molar-refractivity contribution is 5.97. The van der Waals surface area contributed by atoms with Crippen molar-refractivity contribution in [2.24, 2.45) is 5.41 Å². The van der Waals surface area contributed by atoms with E-state index < -0.39 is 5.97 Å². The minimum Gasteiger partial charge on any atom is -0.462 e. The van der Waals surface area contributed by atoms with E-state index in [1.165, 1.54) is 0 Å². The van der Waals surface area contributed by atoms with Gasteiger partial charge in [0.1, 0.15) is 0 Å². The first kappa shape index (κ1) is 25.9. The van der Waals surface area contributed by atoms with Crippen molar-refractivity contribution in [2.45, 2.75) is 65.5 Å². The number of carbonyl (C=O) groups excluding carboxylic acids is 3. The van der Waals surface area contributed by atoms with Gasteiger partial charge in [-0.3, -0.25) is 14.3 Å². The number of hydrogen-bond donors (Lipinski definition) is 2. The number of aryl methyl sites for hydroxylation is 2. The number of nitrogens with zero attached hydrogens (tertiary/aromatic N) is 2. The third-order valence-electron chi connectivity index (χ3n) is 6.96. The van der Waals surface area contributed by atoms with Crippen molar-refractivity contribution in [1.29, 1.82) is 0 Å². The number of rotatable bonds is 8. The largest absolute Gasteiger partial charge is 0.462 e. The zero-order valence-corrected chi connectivity index (χ0v) is 21.4. The molecule has 1 spiro atoms. The van der Waals surface area contributed by atoms with Gasteiger partial charge in [-0.2, -0.15) is 5.10 Å². The molecule has 36 heavy (non-hydrogen) atoms. The van der Waals surface area contributed by atoms with Crippen LogP contribution in [0.25, 0.3) is 0 Å². The van der Waals surface area contributed by atoms with Gasteiger partial charge in [0, 0.05) is 44.3 Å². The zero-order valence-electron chi connectivity index (χ0n) is 21.4. The van der Waals surface area contributed by atoms with E-state index in [0.29, 0.717) is 55.8 Å². The number of amides is 2. The summed E-state index contributed by atoms with van der Waals surface area (Å²) in [5.74, 6) is -0.653. The third kappa shape index (κ3) is 5.78. The lowest BCUT2D eigenvalue weighted by molar-refractivity contribution is 0.0152. The highest BCUT2D eigenvalue weighted by Gasteiger charge is 2.39. The van der Waals surface area contributed by atoms with E-state index in [1.807, 2.05) is 25.5 Å². The Morgan fingerprint density at radius 1 is 1.19 bits per heavy atom. The lowest BCUT2D eigenvalue weighted by Gasteiger charge is -2.36. The van der Waals surface area contributed by atoms with E-state index in [0.717, 1.165) is 30.7 Å². The number of benzene rings is 1. The molecular weight excluding hydrogens is 460 g/mol. The van der Waals surface area contributed by atoms with Crippen LogP contribution >= 0.6 is 0 Å². The summed E-state index contributed by atoms with van der Waals surface area (Å²) in [6, 6.07) is 6.49. The number of aromatic nitrogens is 2. The molecule has 0 atom stereocenters. The number of hydrogen-bond acceptors (Lipinski definition) is 6. The van der Waals surface area contributed by atoms with Gasteiger partial charge in [-0.25, -0.2) is 4.79 Å². The van der Waals surface area contributed by atoms with Crippen LogP contribution in [0.2, 0.25) is 0 Å². The minimum atomic E-state index is -0.431. The SMILES string of the molecule is CCc1nn(CCCOC(=O)c2ccc(C(=O)NC(C)C)cc2)c2c1C(=O)NCC1(CCOCC1)C2. The Morgan fingerprint density at radius 3 is 2.56 bits per heavy atom. The zero-order chi connectivity index (χ0) is 25.7. The van der Waals surface area contributed by atoms with Crippen molar-refractivity contribution in [1.82, 2.24) is 20.4 Å². The molecule has 1 saturated heterocycles. The minimum absolute atomic E-state index is 0.00729. The molecule has 2 aromatic rings. The van der Waals surface area contributed by atoms with Gasteiger partial charge >= 0.3 is 5.97 Å². The van der Waals surface area contributed by atoms with Crippen LogP contribution in [-0.4, -0.2) is 60.0 Å². The van der Waals surface area contributed by atoms with Gasteiger partial charge in [-0.05, 0) is 69.2 Å². The molecule has 0 radical (unpaired) electrons. The summed E-state index contributed by atoms with van der Waals surface area (Å²) >= 11 is 0. The van der Waals surface area contributed by atoms with Crippen LogP contribution in [0.3, 0.4) is 0 Å². The molecular formula is C27H36N4O5. The van der Waals surface area contributed by atoms with Crippen LogP contribution in [0.4, 0.5) is 0 Å². The fraction of sp³-hybridized carbons (Fsp3) is 0.556. The molecule has 1 fully saturated rings. The Hall–Kier alpha value is -3.20. The van der Waals surface area contributed by atoms with Gasteiger partial charge in [-0.1, -0.05) is 6.92 Å². The maximum Gasteiger partial charge on any atom is 0.338 e. The van der Waals surface area contributed by atoms with Crippen LogP contribution in [0.15, 0.2) is 24.3 Å². The second-order valence-corrected chi connectivity index (χ2v) is 10.0. The van der Waals surface area contributed by atoms with Crippen LogP contribution in [0, 0.1) is 5.41 Å². The van der Waals surface area contributed by atoms with Crippen molar-refractivity contribution in [3.05, 3.63) is 52.3 Å². The molecule has 1 aromatic carbocycles. The summed E-state index contributed by atoms with van der Waals surface area (Å²) in [7, 11) is 0. The fourth-order valence-corrected chi connectivity index (χ4v) is 4.92. The molecule has 2 N–H and O–H groups in total. The van der Waals surface area contributed by atoms with Crippen molar-refractivity contribution < 1.29 is 23.9 Å². The molecule has 9 nitrogen and oxygen atoms in total. The van der Waals surface area contributed by atoms with Crippen LogP contribution < -0.4 is 10.6 Å². The van der Waals surface area contributed by atoms with Gasteiger partial charge in [0.05, 0.1) is 29.1 Å². The summed E-state index contributed by atoms with van der Waals surface area (Å²) in [6.45, 7) is 8.66. The van der Waals surface area contributed by atoms with Crippen molar-refractivity contribution in [2.75, 3.05) is 26.4 Å². The van der Waals surface area contributed by atoms with Gasteiger partial charge in [0.2, 0.25) is 0 Å². The standard InChI is InChI=1S/C27H36N4O5/c1-4-21-23-22(16-27(17-28-25(23)33)10-14-35-15-11-27)31(30-21)12-5-13-36-26(34)20-8-6-19(7-9-20)24(32)29-18(2)3/h6-9,18H,4-5,10-17H2,1-3H3,(H,28,33)(H,29,32). The van der Waals surface area contributed by atoms with Gasteiger partial charge < -0.3 is 20.1 Å². The van der Waals surface area contributed by atoms with E-state index in [9.17, 15) is 14.4 Å². The molecule has 0 saturated carbocycles. The Morgan fingerprint density at radius 2 is 1.89 bits per heavy atom. The van der Waals surface area contributed by atoms with Crippen LogP contribution in [0.1, 0.15) is 82.5 Å². The van der Waals surface area contributed by atoms with E-state index >= 15 is 0 Å². The smallest absolute Gasteiger partial charge is 0.338 e. The third-order valence-corrected chi connectivity index (χ3v) is 6.96. The molecule has 4 rings (SSSR count). The molecule has 0 unspecified atom stereocenters.